The minimum Gasteiger partial charge on any atom is -0.497 e. The van der Waals surface area contributed by atoms with Crippen LogP contribution in [0.5, 0.6) is 5.75 Å². The average Bonchev–Trinajstić information content (AvgIpc) is 3.61. The number of likely N-dealkylation sites (tertiary alicyclic amines) is 1. The van der Waals surface area contributed by atoms with Crippen molar-refractivity contribution in [3.05, 3.63) is 46.4 Å². The SMILES string of the molecule is COc1ccc(C[C@H](NC(=O)C2CCN(C)CC2)C(=O)N[C@@H](Cc2cscn2)C(=O)N[C@@H](CC2CCCCC2)[C@@H](O)[C@@H](O)CC(C)C)cc1. The molecule has 5 atom stereocenters. The Morgan fingerprint density at radius 1 is 0.939 bits per heavy atom. The minimum atomic E-state index is -1.15. The highest BCUT2D eigenvalue weighted by molar-refractivity contribution is 7.07. The lowest BCUT2D eigenvalue weighted by Crippen LogP contribution is -2.59. The van der Waals surface area contributed by atoms with Crippen LogP contribution in [0.3, 0.4) is 0 Å². The van der Waals surface area contributed by atoms with Gasteiger partial charge in [0.2, 0.25) is 17.7 Å². The maximum absolute atomic E-state index is 14.1. The van der Waals surface area contributed by atoms with Crippen molar-refractivity contribution in [2.75, 3.05) is 27.2 Å². The molecule has 1 aliphatic heterocycles. The highest BCUT2D eigenvalue weighted by atomic mass is 32.1. The number of carbonyl (C=O) groups excluding carboxylic acids is 3. The van der Waals surface area contributed by atoms with Gasteiger partial charge >= 0.3 is 0 Å². The van der Waals surface area contributed by atoms with Gasteiger partial charge in [-0.25, -0.2) is 4.98 Å². The van der Waals surface area contributed by atoms with E-state index >= 15 is 0 Å². The molecule has 1 saturated carbocycles. The number of hydrogen-bond acceptors (Lipinski definition) is 9. The van der Waals surface area contributed by atoms with Gasteiger partial charge in [-0.2, -0.15) is 0 Å². The lowest BCUT2D eigenvalue weighted by molar-refractivity contribution is -0.134. The number of hydrogen-bond donors (Lipinski definition) is 5. The lowest BCUT2D eigenvalue weighted by atomic mass is 9.82. The standard InChI is InChI=1S/C37H57N5O6S/c1-24(2)18-33(43)34(44)30(19-25-8-6-5-7-9-25)39-37(47)32(21-28-22-49-23-38-28)41-36(46)31(20-26-10-12-29(48-4)13-11-26)40-35(45)27-14-16-42(3)17-15-27/h10-13,22-25,27,30-34,43-44H,5-9,14-21H2,1-4H3,(H,39,47)(H,40,45)(H,41,46)/t30-,31-,32-,33-,34+/m0/s1. The van der Waals surface area contributed by atoms with Crippen LogP contribution in [-0.2, 0) is 27.2 Å². The van der Waals surface area contributed by atoms with Gasteiger partial charge in [0.25, 0.3) is 0 Å². The summed E-state index contributed by atoms with van der Waals surface area (Å²) in [5.74, 6) is -0.120. The first-order valence-corrected chi connectivity index (χ1v) is 18.9. The van der Waals surface area contributed by atoms with Crippen molar-refractivity contribution in [1.29, 1.82) is 0 Å². The van der Waals surface area contributed by atoms with Gasteiger partial charge in [-0.15, -0.1) is 11.3 Å². The van der Waals surface area contributed by atoms with Gasteiger partial charge in [-0.3, -0.25) is 14.4 Å². The van der Waals surface area contributed by atoms with E-state index in [1.807, 2.05) is 50.5 Å². The molecule has 0 radical (unpaired) electrons. The van der Waals surface area contributed by atoms with E-state index in [0.717, 1.165) is 44.3 Å². The van der Waals surface area contributed by atoms with E-state index in [2.05, 4.69) is 25.8 Å². The van der Waals surface area contributed by atoms with Crippen LogP contribution in [0.1, 0.15) is 82.9 Å². The molecule has 4 rings (SSSR count). The third-order valence-corrected chi connectivity index (χ3v) is 10.6. The van der Waals surface area contributed by atoms with E-state index in [-0.39, 0.29) is 30.6 Å². The second-order valence-corrected chi connectivity index (χ2v) is 15.2. The third-order valence-electron chi connectivity index (χ3n) is 10.0. The van der Waals surface area contributed by atoms with E-state index in [1.54, 1.807) is 12.6 Å². The number of aliphatic hydroxyl groups excluding tert-OH is 2. The molecule has 1 saturated heterocycles. The van der Waals surface area contributed by atoms with Gasteiger partial charge in [0, 0.05) is 24.1 Å². The molecule has 11 nitrogen and oxygen atoms in total. The Hall–Kier alpha value is -3.06. The van der Waals surface area contributed by atoms with Crippen molar-refractivity contribution in [2.24, 2.45) is 17.8 Å². The summed E-state index contributed by atoms with van der Waals surface area (Å²) in [6.07, 6.45) is 6.02. The van der Waals surface area contributed by atoms with Crippen molar-refractivity contribution in [2.45, 2.75) is 115 Å². The maximum atomic E-state index is 14.1. The molecule has 49 heavy (non-hydrogen) atoms. The molecule has 1 aliphatic carbocycles. The normalized spacial score (nSPS) is 19.4. The molecular weight excluding hydrogens is 643 g/mol. The molecule has 272 valence electrons. The quantitative estimate of drug-likeness (QED) is 0.168. The zero-order valence-corrected chi connectivity index (χ0v) is 30.4. The number of nitrogens with zero attached hydrogens (tertiary/aromatic N) is 2. The van der Waals surface area contributed by atoms with Crippen LogP contribution in [0.2, 0.25) is 0 Å². The minimum absolute atomic E-state index is 0.139. The van der Waals surface area contributed by atoms with Gasteiger partial charge in [-0.05, 0) is 75.4 Å². The Balaban J connectivity index is 1.55. The number of aromatic nitrogens is 1. The highest BCUT2D eigenvalue weighted by Crippen LogP contribution is 2.29. The second kappa shape index (κ2) is 19.4. The first-order chi connectivity index (χ1) is 23.5. The summed E-state index contributed by atoms with van der Waals surface area (Å²) < 4.78 is 5.30. The zero-order valence-electron chi connectivity index (χ0n) is 29.6. The molecule has 0 bridgehead atoms. The van der Waals surface area contributed by atoms with E-state index < -0.39 is 42.1 Å². The number of aliphatic hydroxyl groups is 2. The maximum Gasteiger partial charge on any atom is 0.243 e. The number of thiazole rings is 1. The predicted octanol–water partition coefficient (Wildman–Crippen LogP) is 3.47. The molecular formula is C37H57N5O6S. The Labute approximate surface area is 295 Å². The van der Waals surface area contributed by atoms with Crippen LogP contribution in [-0.4, -0.2) is 95.4 Å². The summed E-state index contributed by atoms with van der Waals surface area (Å²) in [6, 6.07) is 4.72. The lowest BCUT2D eigenvalue weighted by Gasteiger charge is -2.34. The molecule has 0 spiro atoms. The summed E-state index contributed by atoms with van der Waals surface area (Å²) in [4.78, 5) is 48.2. The van der Waals surface area contributed by atoms with Gasteiger partial charge in [-0.1, -0.05) is 58.1 Å². The number of methoxy groups -OCH3 is 1. The smallest absolute Gasteiger partial charge is 0.243 e. The molecule has 1 aromatic carbocycles. The number of carbonyl (C=O) groups is 3. The monoisotopic (exact) mass is 699 g/mol. The van der Waals surface area contributed by atoms with Gasteiger partial charge in [0.1, 0.15) is 23.9 Å². The summed E-state index contributed by atoms with van der Waals surface area (Å²) in [5, 5.41) is 33.1. The molecule has 0 unspecified atom stereocenters. The summed E-state index contributed by atoms with van der Waals surface area (Å²) in [6.45, 7) is 5.59. The number of rotatable bonds is 17. The topological polar surface area (TPSA) is 153 Å². The molecule has 2 fully saturated rings. The van der Waals surface area contributed by atoms with Gasteiger partial charge < -0.3 is 35.8 Å². The fourth-order valence-corrected chi connectivity index (χ4v) is 7.61. The molecule has 2 aromatic rings. The van der Waals surface area contributed by atoms with Crippen LogP contribution < -0.4 is 20.7 Å². The molecule has 3 amide bonds. The van der Waals surface area contributed by atoms with Gasteiger partial charge in [0.05, 0.1) is 30.5 Å². The number of amides is 3. The second-order valence-electron chi connectivity index (χ2n) is 14.5. The summed E-state index contributed by atoms with van der Waals surface area (Å²) >= 11 is 1.40. The Kier molecular flexibility index (Phi) is 15.3. The van der Waals surface area contributed by atoms with Crippen molar-refractivity contribution in [3.63, 3.8) is 0 Å². The van der Waals surface area contributed by atoms with Crippen molar-refractivity contribution >= 4 is 29.1 Å². The average molecular weight is 700 g/mol. The van der Waals surface area contributed by atoms with Crippen LogP contribution in [0.4, 0.5) is 0 Å². The molecule has 1 aromatic heterocycles. The van der Waals surface area contributed by atoms with E-state index in [1.165, 1.54) is 17.8 Å². The van der Waals surface area contributed by atoms with Crippen molar-refractivity contribution < 1.29 is 29.3 Å². The number of benzene rings is 1. The third kappa shape index (κ3) is 12.3. The van der Waals surface area contributed by atoms with Crippen molar-refractivity contribution in [3.8, 4) is 5.75 Å². The van der Waals surface area contributed by atoms with Crippen LogP contribution in [0, 0.1) is 17.8 Å². The Bertz CT molecular complexity index is 1290. The number of piperidine rings is 1. The summed E-state index contributed by atoms with van der Waals surface area (Å²) in [7, 11) is 3.62. The van der Waals surface area contributed by atoms with E-state index in [0.29, 0.717) is 43.0 Å². The fraction of sp³-hybridized carbons (Fsp3) is 0.676. The van der Waals surface area contributed by atoms with Crippen molar-refractivity contribution in [1.82, 2.24) is 25.8 Å². The molecule has 2 heterocycles. The number of nitrogens with one attached hydrogen (secondary N) is 3. The Morgan fingerprint density at radius 2 is 1.59 bits per heavy atom. The van der Waals surface area contributed by atoms with Crippen LogP contribution >= 0.6 is 11.3 Å². The first-order valence-electron chi connectivity index (χ1n) is 18.0. The zero-order chi connectivity index (χ0) is 35.3. The fourth-order valence-electron chi connectivity index (χ4n) is 7.04. The highest BCUT2D eigenvalue weighted by Gasteiger charge is 2.35. The van der Waals surface area contributed by atoms with Gasteiger partial charge in [0.15, 0.2) is 0 Å². The molecule has 12 heteroatoms. The predicted molar refractivity (Wildman–Crippen MR) is 191 cm³/mol. The summed E-state index contributed by atoms with van der Waals surface area (Å²) in [5.41, 5.74) is 3.16. The largest absolute Gasteiger partial charge is 0.497 e. The molecule has 5 N–H and O–H groups in total. The molecule has 2 aliphatic rings. The van der Waals surface area contributed by atoms with E-state index in [4.69, 9.17) is 4.74 Å². The number of ether oxygens (including phenoxy) is 1. The Morgan fingerprint density at radius 3 is 2.20 bits per heavy atom. The van der Waals surface area contributed by atoms with Crippen LogP contribution in [0.25, 0.3) is 0 Å². The van der Waals surface area contributed by atoms with Crippen LogP contribution in [0.15, 0.2) is 35.2 Å². The van der Waals surface area contributed by atoms with E-state index in [9.17, 15) is 24.6 Å². The first kappa shape index (κ1) is 38.7.